The minimum Gasteiger partial charge on any atom is -0.508 e. The zero-order valence-electron chi connectivity index (χ0n) is 28.5. The smallest absolute Gasteiger partial charge is 0.319 e. The molecule has 0 bridgehead atoms. The number of ether oxygens (including phenoxy) is 1. The number of hydrogen-bond donors (Lipinski definition) is 1. The van der Waals surface area contributed by atoms with Crippen molar-refractivity contribution in [3.05, 3.63) is 65.6 Å². The second-order valence-corrected chi connectivity index (χ2v) is 14.8. The van der Waals surface area contributed by atoms with Crippen molar-refractivity contribution in [3.63, 3.8) is 0 Å². The first-order valence-corrected chi connectivity index (χ1v) is 17.8. The Bertz CT molecular complexity index is 2230. The highest BCUT2D eigenvalue weighted by Gasteiger charge is 2.52. The second-order valence-electron chi connectivity index (χ2n) is 14.8. The Morgan fingerprint density at radius 1 is 1.14 bits per heavy atom. The molecule has 0 unspecified atom stereocenters. The Morgan fingerprint density at radius 2 is 2.00 bits per heavy atom. The lowest BCUT2D eigenvalue weighted by atomic mass is 9.66. The number of aromatic hydroxyl groups is 1. The van der Waals surface area contributed by atoms with Crippen LogP contribution in [0, 0.1) is 36.3 Å². The van der Waals surface area contributed by atoms with Crippen LogP contribution in [-0.4, -0.2) is 85.1 Å². The zero-order chi connectivity index (χ0) is 35.2. The quantitative estimate of drug-likeness (QED) is 0.211. The number of benzene rings is 2. The molecule has 3 saturated heterocycles. The van der Waals surface area contributed by atoms with E-state index in [0.717, 1.165) is 25.1 Å². The number of pyridine rings is 1. The Labute approximate surface area is 292 Å². The van der Waals surface area contributed by atoms with Crippen molar-refractivity contribution in [2.45, 2.75) is 57.7 Å². The van der Waals surface area contributed by atoms with E-state index in [2.05, 4.69) is 24.9 Å². The molecule has 3 aliphatic heterocycles. The van der Waals surface area contributed by atoms with Crippen molar-refractivity contribution in [2.75, 3.05) is 37.7 Å². The van der Waals surface area contributed by atoms with Gasteiger partial charge >= 0.3 is 6.01 Å². The first-order valence-electron chi connectivity index (χ1n) is 17.8. The van der Waals surface area contributed by atoms with E-state index in [9.17, 15) is 14.3 Å². The highest BCUT2D eigenvalue weighted by atomic mass is 19.1. The highest BCUT2D eigenvalue weighted by Crippen LogP contribution is 2.49. The number of rotatable bonds is 7. The Kier molecular flexibility index (Phi) is 7.50. The number of phenolic OH excluding ortho intramolecular Hbond substituents is 1. The Hall–Kier alpha value is -4.78. The molecule has 4 fully saturated rings. The number of fused-ring (bicyclic) bond motifs is 4. The van der Waals surface area contributed by atoms with Gasteiger partial charge in [-0.05, 0) is 91.6 Å². The van der Waals surface area contributed by atoms with Gasteiger partial charge in [-0.1, -0.05) is 13.0 Å². The molecular formula is C38H38F3N7O3. The average Bonchev–Trinajstić information content (AvgIpc) is 3.86. The molecule has 0 radical (unpaired) electrons. The van der Waals surface area contributed by atoms with Crippen molar-refractivity contribution in [2.24, 2.45) is 17.8 Å². The number of nitrogens with zero attached hydrogens (tertiary/aromatic N) is 7. The molecule has 0 amide bonds. The average molecular weight is 698 g/mol. The van der Waals surface area contributed by atoms with Crippen LogP contribution in [0.25, 0.3) is 32.9 Å². The van der Waals surface area contributed by atoms with Crippen LogP contribution in [0.5, 0.6) is 11.8 Å². The Morgan fingerprint density at radius 3 is 2.80 bits per heavy atom. The van der Waals surface area contributed by atoms with Gasteiger partial charge < -0.3 is 14.7 Å². The predicted octanol–water partition coefficient (Wildman–Crippen LogP) is 6.26. The number of aryl methyl sites for hydroxylation is 2. The van der Waals surface area contributed by atoms with E-state index in [1.807, 2.05) is 19.9 Å². The van der Waals surface area contributed by atoms with Crippen molar-refractivity contribution in [1.29, 1.82) is 0 Å². The van der Waals surface area contributed by atoms with E-state index < -0.39 is 23.3 Å². The van der Waals surface area contributed by atoms with E-state index in [1.54, 1.807) is 12.3 Å². The molecule has 0 spiro atoms. The number of phenols is 1. The molecule has 5 atom stereocenters. The van der Waals surface area contributed by atoms with E-state index in [4.69, 9.17) is 9.72 Å². The number of carbonyl (C=O) groups excluding carboxylic acids is 1. The lowest BCUT2D eigenvalue weighted by molar-refractivity contribution is 0.0532. The number of carbonyl (C=O) groups is 1. The molecule has 10 nitrogen and oxygen atoms in total. The van der Waals surface area contributed by atoms with Gasteiger partial charge in [0.1, 0.15) is 41.4 Å². The summed E-state index contributed by atoms with van der Waals surface area (Å²) >= 11 is 0. The summed E-state index contributed by atoms with van der Waals surface area (Å²) in [6.07, 6.45) is 5.42. The lowest BCUT2D eigenvalue weighted by Crippen LogP contribution is -2.43. The van der Waals surface area contributed by atoms with Crippen molar-refractivity contribution in [3.8, 4) is 23.0 Å². The molecule has 5 aromatic rings. The second kappa shape index (κ2) is 11.9. The summed E-state index contributed by atoms with van der Waals surface area (Å²) in [5, 5.41) is 16.4. The molecule has 1 saturated carbocycles. The van der Waals surface area contributed by atoms with Crippen LogP contribution >= 0.6 is 0 Å². The van der Waals surface area contributed by atoms with Gasteiger partial charge in [0.2, 0.25) is 5.91 Å². The zero-order valence-corrected chi connectivity index (χ0v) is 28.5. The van der Waals surface area contributed by atoms with Crippen LogP contribution in [-0.2, 0) is 6.42 Å². The normalized spacial score (nSPS) is 25.8. The molecule has 1 N–H and O–H groups in total. The molecule has 9 rings (SSSR count). The van der Waals surface area contributed by atoms with Crippen LogP contribution in [0.1, 0.15) is 48.7 Å². The Balaban J connectivity index is 1.13. The molecule has 3 aromatic heterocycles. The van der Waals surface area contributed by atoms with Gasteiger partial charge in [-0.3, -0.25) is 14.7 Å². The van der Waals surface area contributed by atoms with Gasteiger partial charge in [-0.25, -0.2) is 17.9 Å². The molecular weight excluding hydrogens is 659 g/mol. The summed E-state index contributed by atoms with van der Waals surface area (Å²) in [4.78, 5) is 31.5. The standard InChI is InChI=1S/C38H38F3N7O3/c1-3-25-30(40)6-5-21-11-24(49)13-27(31(21)25)33-32(41)34-28(15-42-33)35(44-37(43-34)51-19-38-8-4-9-47(38)17-23(39)14-38)46-16-22-12-26(29(22)18-46)36(50)48-10-7-20(2)45-48/h5-7,10-11,13,15,22-23,26,29,49H,3-4,8-9,12,14,16-19H2,1-2H3/t22-,23-,26-,29+,38+/m1/s1. The van der Waals surface area contributed by atoms with Crippen LogP contribution in [0.3, 0.4) is 0 Å². The minimum atomic E-state index is -0.940. The largest absolute Gasteiger partial charge is 0.508 e. The number of aromatic nitrogens is 5. The highest BCUT2D eigenvalue weighted by molar-refractivity contribution is 6.01. The van der Waals surface area contributed by atoms with Gasteiger partial charge in [0, 0.05) is 49.9 Å². The van der Waals surface area contributed by atoms with Crippen LogP contribution in [0.2, 0.25) is 0 Å². The van der Waals surface area contributed by atoms with Gasteiger partial charge in [-0.2, -0.15) is 15.1 Å². The molecule has 51 heavy (non-hydrogen) atoms. The first kappa shape index (κ1) is 32.1. The van der Waals surface area contributed by atoms with Crippen molar-refractivity contribution >= 4 is 33.4 Å². The maximum absolute atomic E-state index is 17.0. The number of alkyl halides is 1. The minimum absolute atomic E-state index is 0.0274. The fourth-order valence-electron chi connectivity index (χ4n) is 9.27. The summed E-state index contributed by atoms with van der Waals surface area (Å²) in [6, 6.07) is 7.60. The van der Waals surface area contributed by atoms with E-state index in [1.165, 1.54) is 29.1 Å². The third-order valence-corrected chi connectivity index (χ3v) is 11.8. The predicted molar refractivity (Wildman–Crippen MR) is 185 cm³/mol. The number of hydrogen-bond acceptors (Lipinski definition) is 9. The maximum Gasteiger partial charge on any atom is 0.319 e. The van der Waals surface area contributed by atoms with Gasteiger partial charge in [0.15, 0.2) is 5.82 Å². The maximum atomic E-state index is 17.0. The van der Waals surface area contributed by atoms with Gasteiger partial charge in [0.05, 0.1) is 16.6 Å². The van der Waals surface area contributed by atoms with Gasteiger partial charge in [-0.15, -0.1) is 0 Å². The van der Waals surface area contributed by atoms with Crippen LogP contribution in [0.4, 0.5) is 19.0 Å². The summed E-state index contributed by atoms with van der Waals surface area (Å²) in [5.74, 6) is -0.762. The molecule has 13 heteroatoms. The third kappa shape index (κ3) is 5.14. The monoisotopic (exact) mass is 697 g/mol. The molecule has 6 heterocycles. The lowest BCUT2D eigenvalue weighted by Gasteiger charge is -2.37. The van der Waals surface area contributed by atoms with Crippen molar-refractivity contribution in [1.82, 2.24) is 29.6 Å². The SMILES string of the molecule is CCc1c(F)ccc2cc(O)cc(-c3ncc4c(N5C[C@H]6C[C@@H](C(=O)n7ccc(C)n7)[C@H]6C5)nc(OC[C@@]56CCCN5C[C@H](F)C6)nc4c3F)c12. The van der Waals surface area contributed by atoms with Crippen LogP contribution < -0.4 is 9.64 Å². The fraction of sp³-hybridized carbons (Fsp3) is 0.447. The topological polar surface area (TPSA) is 110 Å². The molecule has 264 valence electrons. The number of anilines is 1. The van der Waals surface area contributed by atoms with Gasteiger partial charge in [0.25, 0.3) is 0 Å². The summed E-state index contributed by atoms with van der Waals surface area (Å²) in [6.45, 7) is 6.12. The molecule has 4 aliphatic rings. The fourth-order valence-corrected chi connectivity index (χ4v) is 9.27. The third-order valence-electron chi connectivity index (χ3n) is 11.8. The summed E-state index contributed by atoms with van der Waals surface area (Å²) in [7, 11) is 0. The van der Waals surface area contributed by atoms with Crippen molar-refractivity contribution < 1.29 is 27.8 Å². The molecule has 2 aromatic carbocycles. The van der Waals surface area contributed by atoms with E-state index in [0.29, 0.717) is 66.4 Å². The first-order chi connectivity index (χ1) is 24.6. The summed E-state index contributed by atoms with van der Waals surface area (Å²) in [5.41, 5.74) is 0.833. The van der Waals surface area contributed by atoms with E-state index >= 15 is 8.78 Å². The van der Waals surface area contributed by atoms with E-state index in [-0.39, 0.29) is 58.8 Å². The number of halogens is 3. The molecule has 1 aliphatic carbocycles. The summed E-state index contributed by atoms with van der Waals surface area (Å²) < 4.78 is 54.3. The van der Waals surface area contributed by atoms with Crippen LogP contribution in [0.15, 0.2) is 42.7 Å².